The van der Waals surface area contributed by atoms with Crippen molar-refractivity contribution in [2.24, 2.45) is 11.8 Å². The van der Waals surface area contributed by atoms with Crippen molar-refractivity contribution in [1.29, 1.82) is 0 Å². The molecule has 1 N–H and O–H groups in total. The largest absolute Gasteiger partial charge is 0.480 e. The van der Waals surface area contributed by atoms with Crippen LogP contribution < -0.4 is 0 Å². The molecule has 0 aliphatic heterocycles. The maximum atomic E-state index is 11.4. The van der Waals surface area contributed by atoms with Crippen LogP contribution in [0.25, 0.3) is 0 Å². The van der Waals surface area contributed by atoms with Crippen molar-refractivity contribution in [1.82, 2.24) is 4.81 Å². The molecule has 1 rings (SSSR count). The zero-order valence-electron chi connectivity index (χ0n) is 11.5. The summed E-state index contributed by atoms with van der Waals surface area (Å²) in [6.45, 7) is 5.26. The molecule has 98 valence electrons. The van der Waals surface area contributed by atoms with Crippen molar-refractivity contribution in [3.63, 3.8) is 0 Å². The second-order valence-corrected chi connectivity index (χ2v) is 5.84. The van der Waals surface area contributed by atoms with Crippen LogP contribution >= 0.6 is 0 Å². The summed E-state index contributed by atoms with van der Waals surface area (Å²) >= 11 is 0. The number of nitrogens with zero attached hydrogens (tertiary/aromatic N) is 1. The minimum Gasteiger partial charge on any atom is -0.480 e. The Bertz CT molecular complexity index is 240. The van der Waals surface area contributed by atoms with Gasteiger partial charge in [-0.05, 0) is 37.6 Å². The molecule has 1 saturated carbocycles. The quantitative estimate of drug-likeness (QED) is 0.720. The number of carboxylic acids is 1. The predicted octanol–water partition coefficient (Wildman–Crippen LogP) is 1.92. The Hall–Kier alpha value is -0.505. The van der Waals surface area contributed by atoms with Gasteiger partial charge in [0.25, 0.3) is 0 Å². The Morgan fingerprint density at radius 2 is 1.94 bits per heavy atom. The van der Waals surface area contributed by atoms with Gasteiger partial charge >= 0.3 is 5.97 Å². The van der Waals surface area contributed by atoms with E-state index in [9.17, 15) is 9.90 Å². The predicted molar refractivity (Wildman–Crippen MR) is 72.7 cm³/mol. The lowest BCUT2D eigenvalue weighted by Crippen LogP contribution is -2.46. The number of carboxylic acid groups (broad SMARTS) is 1. The molecule has 0 aromatic rings. The molecular formula is C13H26BNO2. The number of rotatable bonds is 6. The van der Waals surface area contributed by atoms with Gasteiger partial charge in [0.2, 0.25) is 0 Å². The Morgan fingerprint density at radius 1 is 1.35 bits per heavy atom. The Morgan fingerprint density at radius 3 is 2.41 bits per heavy atom. The molecule has 3 nitrogen and oxygen atoms in total. The number of hydrogen-bond acceptors (Lipinski definition) is 2. The highest BCUT2D eigenvalue weighted by atomic mass is 16.4. The molecule has 1 aliphatic carbocycles. The molecule has 0 aromatic heterocycles. The SMILES string of the molecule is BN(CCC(C)C)[C@H](C(=O)O)C1CCCCC1. The van der Waals surface area contributed by atoms with E-state index in [0.29, 0.717) is 11.8 Å². The van der Waals surface area contributed by atoms with Gasteiger partial charge in [-0.15, -0.1) is 0 Å². The average Bonchev–Trinajstić information content (AvgIpc) is 2.27. The van der Waals surface area contributed by atoms with Crippen LogP contribution in [-0.2, 0) is 4.79 Å². The van der Waals surface area contributed by atoms with Crippen molar-refractivity contribution in [3.8, 4) is 0 Å². The first-order valence-corrected chi connectivity index (χ1v) is 6.95. The van der Waals surface area contributed by atoms with Gasteiger partial charge in [0.15, 0.2) is 7.98 Å². The van der Waals surface area contributed by atoms with E-state index >= 15 is 0 Å². The lowest BCUT2D eigenvalue weighted by Gasteiger charge is -2.34. The first-order chi connectivity index (χ1) is 8.02. The smallest absolute Gasteiger partial charge is 0.320 e. The summed E-state index contributed by atoms with van der Waals surface area (Å²) in [5.74, 6) is 0.361. The topological polar surface area (TPSA) is 40.5 Å². The molecule has 0 bridgehead atoms. The highest BCUT2D eigenvalue weighted by Gasteiger charge is 2.31. The van der Waals surface area contributed by atoms with Crippen LogP contribution in [0.2, 0.25) is 0 Å². The summed E-state index contributed by atoms with van der Waals surface area (Å²) in [6, 6.07) is -0.269. The van der Waals surface area contributed by atoms with E-state index in [4.69, 9.17) is 0 Å². The lowest BCUT2D eigenvalue weighted by atomic mass is 9.82. The number of carbonyl (C=O) groups is 1. The van der Waals surface area contributed by atoms with E-state index in [-0.39, 0.29) is 6.04 Å². The summed E-state index contributed by atoms with van der Waals surface area (Å²) in [4.78, 5) is 13.5. The van der Waals surface area contributed by atoms with Gasteiger partial charge in [0.05, 0.1) is 0 Å². The molecule has 1 fully saturated rings. The second kappa shape index (κ2) is 7.05. The molecule has 0 unspecified atom stereocenters. The Labute approximate surface area is 106 Å². The van der Waals surface area contributed by atoms with Gasteiger partial charge in [-0.25, -0.2) is 0 Å². The molecule has 0 amide bonds. The lowest BCUT2D eigenvalue weighted by molar-refractivity contribution is -0.143. The van der Waals surface area contributed by atoms with E-state index in [1.807, 2.05) is 7.98 Å². The first kappa shape index (κ1) is 14.6. The molecule has 1 atom stereocenters. The molecule has 0 aromatic carbocycles. The number of aliphatic carboxylic acids is 1. The Balaban J connectivity index is 2.54. The average molecular weight is 239 g/mol. The van der Waals surface area contributed by atoms with E-state index in [0.717, 1.165) is 25.8 Å². The first-order valence-electron chi connectivity index (χ1n) is 6.95. The van der Waals surface area contributed by atoms with Crippen LogP contribution in [0.15, 0.2) is 0 Å². The van der Waals surface area contributed by atoms with Crippen LogP contribution in [0.3, 0.4) is 0 Å². The maximum Gasteiger partial charge on any atom is 0.320 e. The molecule has 17 heavy (non-hydrogen) atoms. The fourth-order valence-electron chi connectivity index (χ4n) is 2.80. The minimum absolute atomic E-state index is 0.269. The molecular weight excluding hydrogens is 213 g/mol. The zero-order chi connectivity index (χ0) is 12.8. The van der Waals surface area contributed by atoms with Gasteiger partial charge < -0.3 is 9.92 Å². The summed E-state index contributed by atoms with van der Waals surface area (Å²) in [5.41, 5.74) is 0. The summed E-state index contributed by atoms with van der Waals surface area (Å²) < 4.78 is 0. The highest BCUT2D eigenvalue weighted by molar-refractivity contribution is 6.06. The third kappa shape index (κ3) is 4.70. The molecule has 4 heteroatoms. The third-order valence-corrected chi connectivity index (χ3v) is 3.88. The van der Waals surface area contributed by atoms with Crippen LogP contribution in [0.5, 0.6) is 0 Å². The third-order valence-electron chi connectivity index (χ3n) is 3.88. The van der Waals surface area contributed by atoms with Crippen LogP contribution in [0, 0.1) is 11.8 Å². The summed E-state index contributed by atoms with van der Waals surface area (Å²) in [5, 5.41) is 9.42. The standard InChI is InChI=1S/C13H26BNO2/c1-10(2)8-9-15(14)12(13(16)17)11-6-4-3-5-7-11/h10-12H,3-9,14H2,1-2H3,(H,16,17)/t12-/m0/s1. The van der Waals surface area contributed by atoms with Gasteiger partial charge in [-0.3, -0.25) is 4.79 Å². The number of hydrogen-bond donors (Lipinski definition) is 1. The van der Waals surface area contributed by atoms with Crippen molar-refractivity contribution in [2.75, 3.05) is 6.54 Å². The molecule has 0 radical (unpaired) electrons. The van der Waals surface area contributed by atoms with Crippen LogP contribution in [0.4, 0.5) is 0 Å². The molecule has 0 heterocycles. The monoisotopic (exact) mass is 239 g/mol. The van der Waals surface area contributed by atoms with Gasteiger partial charge in [0.1, 0.15) is 6.04 Å². The summed E-state index contributed by atoms with van der Waals surface area (Å²) in [6.07, 6.45) is 6.93. The van der Waals surface area contributed by atoms with Crippen LogP contribution in [0.1, 0.15) is 52.4 Å². The van der Waals surface area contributed by atoms with Crippen molar-refractivity contribution in [3.05, 3.63) is 0 Å². The Kier molecular flexibility index (Phi) is 6.03. The molecule has 0 saturated heterocycles. The fraction of sp³-hybridized carbons (Fsp3) is 0.923. The van der Waals surface area contributed by atoms with Gasteiger partial charge in [-0.2, -0.15) is 0 Å². The van der Waals surface area contributed by atoms with Crippen molar-refractivity contribution < 1.29 is 9.90 Å². The minimum atomic E-state index is -0.636. The van der Waals surface area contributed by atoms with Gasteiger partial charge in [-0.1, -0.05) is 33.1 Å². The van der Waals surface area contributed by atoms with Crippen molar-refractivity contribution in [2.45, 2.75) is 58.4 Å². The van der Waals surface area contributed by atoms with Gasteiger partial charge in [0, 0.05) is 0 Å². The maximum absolute atomic E-state index is 11.4. The van der Waals surface area contributed by atoms with E-state index in [1.165, 1.54) is 19.3 Å². The fourth-order valence-corrected chi connectivity index (χ4v) is 2.80. The molecule has 0 spiro atoms. The van der Waals surface area contributed by atoms with E-state index in [1.54, 1.807) is 0 Å². The van der Waals surface area contributed by atoms with Crippen LogP contribution in [-0.4, -0.2) is 36.5 Å². The molecule has 1 aliphatic rings. The van der Waals surface area contributed by atoms with E-state index in [2.05, 4.69) is 18.7 Å². The second-order valence-electron chi connectivity index (χ2n) is 5.84. The highest BCUT2D eigenvalue weighted by Crippen LogP contribution is 2.28. The normalized spacial score (nSPS) is 19.8. The zero-order valence-corrected chi connectivity index (χ0v) is 11.5. The van der Waals surface area contributed by atoms with Crippen molar-refractivity contribution >= 4 is 14.0 Å². The summed E-state index contributed by atoms with van der Waals surface area (Å²) in [7, 11) is 1.97. The van der Waals surface area contributed by atoms with E-state index < -0.39 is 5.97 Å².